The van der Waals surface area contributed by atoms with Gasteiger partial charge in [0.05, 0.1) is 13.2 Å². The van der Waals surface area contributed by atoms with E-state index < -0.39 is 12.7 Å². The highest BCUT2D eigenvalue weighted by Crippen LogP contribution is 2.23. The molecule has 2 saturated heterocycles. The van der Waals surface area contributed by atoms with Gasteiger partial charge in [-0.15, -0.1) is 0 Å². The maximum absolute atomic E-state index is 12.6. The molecule has 0 aromatic rings. The Kier molecular flexibility index (Phi) is 6.92. The van der Waals surface area contributed by atoms with Gasteiger partial charge in [-0.1, -0.05) is 6.42 Å². The number of nitrogens with zero attached hydrogens (tertiary/aromatic N) is 3. The van der Waals surface area contributed by atoms with Gasteiger partial charge in [0.15, 0.2) is 0 Å². The van der Waals surface area contributed by atoms with Crippen LogP contribution in [0.1, 0.15) is 19.3 Å². The van der Waals surface area contributed by atoms with Gasteiger partial charge in [-0.05, 0) is 25.3 Å². The average molecular weight is 323 g/mol. The number of β-amino-alcohol motifs (C(OH)–C–C–N with tert-alkyl or cyclic N) is 1. The van der Waals surface area contributed by atoms with Crippen LogP contribution in [0.2, 0.25) is 0 Å². The number of aliphatic hydroxyl groups excluding tert-OH is 1. The van der Waals surface area contributed by atoms with Crippen LogP contribution >= 0.6 is 0 Å². The van der Waals surface area contributed by atoms with Gasteiger partial charge in [0, 0.05) is 45.8 Å². The predicted octanol–water partition coefficient (Wildman–Crippen LogP) is 1.26. The third kappa shape index (κ3) is 6.40. The van der Waals surface area contributed by atoms with Crippen LogP contribution in [0.4, 0.5) is 13.2 Å². The number of rotatable bonds is 5. The van der Waals surface area contributed by atoms with Crippen LogP contribution in [-0.4, -0.2) is 91.5 Å². The van der Waals surface area contributed by atoms with Crippen molar-refractivity contribution in [3.8, 4) is 0 Å². The van der Waals surface area contributed by atoms with E-state index in [1.165, 1.54) is 0 Å². The predicted molar refractivity (Wildman–Crippen MR) is 79.8 cm³/mol. The highest BCUT2D eigenvalue weighted by Gasteiger charge is 2.32. The minimum atomic E-state index is -4.09. The maximum atomic E-state index is 12.6. The Balaban J connectivity index is 1.76. The van der Waals surface area contributed by atoms with Crippen molar-refractivity contribution >= 4 is 0 Å². The second-order valence-electron chi connectivity index (χ2n) is 6.58. The van der Waals surface area contributed by atoms with Gasteiger partial charge in [-0.25, -0.2) is 0 Å². The zero-order valence-electron chi connectivity index (χ0n) is 13.2. The average Bonchev–Trinajstić information content (AvgIpc) is 2.64. The molecule has 2 aliphatic heterocycles. The summed E-state index contributed by atoms with van der Waals surface area (Å²) in [5, 5.41) is 8.95. The van der Waals surface area contributed by atoms with Crippen molar-refractivity contribution in [3.63, 3.8) is 0 Å². The lowest BCUT2D eigenvalue weighted by atomic mass is 10.0. The molecule has 0 amide bonds. The van der Waals surface area contributed by atoms with Gasteiger partial charge in [-0.2, -0.15) is 13.2 Å². The third-order valence-corrected chi connectivity index (χ3v) is 4.65. The van der Waals surface area contributed by atoms with Gasteiger partial charge in [0.2, 0.25) is 0 Å². The van der Waals surface area contributed by atoms with E-state index in [4.69, 9.17) is 5.11 Å². The number of hydrogen-bond acceptors (Lipinski definition) is 4. The maximum Gasteiger partial charge on any atom is 0.401 e. The van der Waals surface area contributed by atoms with E-state index in [0.29, 0.717) is 19.0 Å². The van der Waals surface area contributed by atoms with Gasteiger partial charge in [0.1, 0.15) is 0 Å². The van der Waals surface area contributed by atoms with Crippen molar-refractivity contribution in [3.05, 3.63) is 0 Å². The minimum Gasteiger partial charge on any atom is -0.395 e. The second kappa shape index (κ2) is 8.47. The van der Waals surface area contributed by atoms with Crippen molar-refractivity contribution in [2.45, 2.75) is 25.4 Å². The Labute approximate surface area is 130 Å². The Hall–Kier alpha value is -0.370. The van der Waals surface area contributed by atoms with E-state index in [9.17, 15) is 13.2 Å². The normalized spacial score (nSPS) is 27.0. The van der Waals surface area contributed by atoms with Gasteiger partial charge in [-0.3, -0.25) is 9.80 Å². The molecular formula is C15H28F3N3O. The molecule has 0 aromatic heterocycles. The molecular weight excluding hydrogens is 295 g/mol. The summed E-state index contributed by atoms with van der Waals surface area (Å²) < 4.78 is 37.8. The quantitative estimate of drug-likeness (QED) is 0.825. The molecule has 0 radical (unpaired) electrons. The summed E-state index contributed by atoms with van der Waals surface area (Å²) in [5.41, 5.74) is 0. The first-order valence-corrected chi connectivity index (χ1v) is 8.31. The fourth-order valence-corrected chi connectivity index (χ4v) is 3.56. The highest BCUT2D eigenvalue weighted by atomic mass is 19.4. The lowest BCUT2D eigenvalue weighted by Crippen LogP contribution is -2.49. The molecule has 2 rings (SSSR count). The number of likely N-dealkylation sites (tertiary alicyclic amines) is 1. The van der Waals surface area contributed by atoms with E-state index >= 15 is 0 Å². The lowest BCUT2D eigenvalue weighted by Gasteiger charge is -2.36. The van der Waals surface area contributed by atoms with Crippen LogP contribution in [-0.2, 0) is 0 Å². The first-order valence-electron chi connectivity index (χ1n) is 8.31. The van der Waals surface area contributed by atoms with Crippen molar-refractivity contribution in [1.82, 2.24) is 14.7 Å². The van der Waals surface area contributed by atoms with E-state index in [1.54, 1.807) is 4.90 Å². The molecule has 4 nitrogen and oxygen atoms in total. The fourth-order valence-electron chi connectivity index (χ4n) is 3.56. The molecule has 1 atom stereocenters. The Morgan fingerprint density at radius 2 is 1.59 bits per heavy atom. The molecule has 2 aliphatic rings. The summed E-state index contributed by atoms with van der Waals surface area (Å²) >= 11 is 0. The van der Waals surface area contributed by atoms with Crippen molar-refractivity contribution in [1.29, 1.82) is 0 Å². The summed E-state index contributed by atoms with van der Waals surface area (Å²) in [5.74, 6) is 0.342. The van der Waals surface area contributed by atoms with Crippen LogP contribution in [0.25, 0.3) is 0 Å². The molecule has 22 heavy (non-hydrogen) atoms. The highest BCUT2D eigenvalue weighted by molar-refractivity contribution is 4.79. The number of piperazine rings is 1. The molecule has 130 valence electrons. The molecule has 1 unspecified atom stereocenters. The van der Waals surface area contributed by atoms with Crippen molar-refractivity contribution < 1.29 is 18.3 Å². The molecule has 7 heteroatoms. The topological polar surface area (TPSA) is 30.0 Å². The van der Waals surface area contributed by atoms with Gasteiger partial charge >= 0.3 is 6.18 Å². The number of alkyl halides is 3. The van der Waals surface area contributed by atoms with E-state index in [2.05, 4.69) is 9.80 Å². The third-order valence-electron chi connectivity index (χ3n) is 4.65. The molecule has 0 spiro atoms. The lowest BCUT2D eigenvalue weighted by molar-refractivity contribution is -0.146. The fraction of sp³-hybridized carbons (Fsp3) is 1.00. The summed E-state index contributed by atoms with van der Waals surface area (Å²) in [4.78, 5) is 6.19. The smallest absolute Gasteiger partial charge is 0.395 e. The monoisotopic (exact) mass is 323 g/mol. The molecule has 0 aromatic carbocycles. The number of halogens is 3. The number of aliphatic hydroxyl groups is 1. The zero-order chi connectivity index (χ0) is 16.0. The van der Waals surface area contributed by atoms with E-state index in [-0.39, 0.29) is 6.61 Å². The number of hydrogen-bond donors (Lipinski definition) is 1. The van der Waals surface area contributed by atoms with Crippen molar-refractivity contribution in [2.75, 3.05) is 65.5 Å². The van der Waals surface area contributed by atoms with E-state index in [1.807, 2.05) is 0 Å². The summed E-state index contributed by atoms with van der Waals surface area (Å²) in [7, 11) is 0. The SMILES string of the molecule is OCCN1CCN(CC2CCCCN(CC(F)(F)F)C2)CC1. The Morgan fingerprint density at radius 1 is 0.909 bits per heavy atom. The molecule has 0 saturated carbocycles. The van der Waals surface area contributed by atoms with Crippen molar-refractivity contribution in [2.24, 2.45) is 5.92 Å². The van der Waals surface area contributed by atoms with Gasteiger partial charge < -0.3 is 10.0 Å². The van der Waals surface area contributed by atoms with Crippen LogP contribution in [0.5, 0.6) is 0 Å². The molecule has 0 aliphatic carbocycles. The molecule has 0 bridgehead atoms. The Bertz CT molecular complexity index is 320. The molecule has 2 fully saturated rings. The first kappa shape index (κ1) is 18.0. The van der Waals surface area contributed by atoms with Gasteiger partial charge in [0.25, 0.3) is 0 Å². The minimum absolute atomic E-state index is 0.190. The van der Waals surface area contributed by atoms with E-state index in [0.717, 1.165) is 58.5 Å². The standard InChI is InChI=1S/C15H28F3N3O/c16-15(17,18)13-21-4-2-1-3-14(12-21)11-20-7-5-19(6-8-20)9-10-22/h14,22H,1-13H2. The van der Waals surface area contributed by atoms with Crippen LogP contribution in [0, 0.1) is 5.92 Å². The zero-order valence-corrected chi connectivity index (χ0v) is 13.2. The van der Waals surface area contributed by atoms with Crippen LogP contribution < -0.4 is 0 Å². The van der Waals surface area contributed by atoms with Crippen LogP contribution in [0.15, 0.2) is 0 Å². The second-order valence-corrected chi connectivity index (χ2v) is 6.58. The van der Waals surface area contributed by atoms with Crippen LogP contribution in [0.3, 0.4) is 0 Å². The first-order chi connectivity index (χ1) is 10.5. The summed E-state index contributed by atoms with van der Waals surface area (Å²) in [6.07, 6.45) is -1.16. The molecule has 2 heterocycles. The Morgan fingerprint density at radius 3 is 2.23 bits per heavy atom. The summed E-state index contributed by atoms with van der Waals surface area (Å²) in [6, 6.07) is 0. The largest absolute Gasteiger partial charge is 0.401 e. The molecule has 1 N–H and O–H groups in total. The summed E-state index contributed by atoms with van der Waals surface area (Å²) in [6.45, 7) is 5.97.